The van der Waals surface area contributed by atoms with Crippen LogP contribution in [0.5, 0.6) is 0 Å². The molecule has 4 rings (SSSR count). The molecule has 2 saturated carbocycles. The molecule has 0 aliphatic heterocycles. The molecule has 0 radical (unpaired) electrons. The van der Waals surface area contributed by atoms with Crippen molar-refractivity contribution in [1.29, 1.82) is 0 Å². The third-order valence-corrected chi connectivity index (χ3v) is 7.31. The molecule has 3 heteroatoms. The van der Waals surface area contributed by atoms with Gasteiger partial charge in [0.2, 0.25) is 6.04 Å². The molecule has 3 nitrogen and oxygen atoms in total. The zero-order valence-corrected chi connectivity index (χ0v) is 17.2. The highest BCUT2D eigenvalue weighted by atomic mass is 16.3. The molecular weight excluding hydrogens is 358 g/mol. The third-order valence-electron chi connectivity index (χ3n) is 7.31. The minimum Gasteiger partial charge on any atom is -0.392 e. The van der Waals surface area contributed by atoms with Crippen LogP contribution in [0, 0.1) is 12.5 Å². The molecule has 0 saturated heterocycles. The lowest BCUT2D eigenvalue weighted by molar-refractivity contribution is 0.127. The summed E-state index contributed by atoms with van der Waals surface area (Å²) in [7, 11) is 0. The van der Waals surface area contributed by atoms with Crippen LogP contribution in [0.15, 0.2) is 54.6 Å². The average Bonchev–Trinajstić information content (AvgIpc) is 3.51. The largest absolute Gasteiger partial charge is 0.392 e. The first-order valence-corrected chi connectivity index (χ1v) is 11.0. The standard InChI is InChI=1S/C26H31NO2/c1-3-24(29)26(15-16-26)20-12-10-19(11-13-20)25-21(22(27-2)17-23(25)28)14-9-18-7-5-4-6-8-18/h4-8,10-13,21-25,28-29H,3,9,14-17H2,1H3/t21?,22-,23-,24?,25?/m1/s1. The molecule has 2 aliphatic rings. The van der Waals surface area contributed by atoms with Crippen molar-refractivity contribution in [3.8, 4) is 0 Å². The maximum absolute atomic E-state index is 10.8. The first kappa shape index (κ1) is 20.1. The summed E-state index contributed by atoms with van der Waals surface area (Å²) in [4.78, 5) is 3.87. The number of hydrogen-bond donors (Lipinski definition) is 2. The summed E-state index contributed by atoms with van der Waals surface area (Å²) in [6.45, 7) is 9.67. The van der Waals surface area contributed by atoms with Gasteiger partial charge in [0, 0.05) is 23.7 Å². The molecule has 0 heterocycles. The summed E-state index contributed by atoms with van der Waals surface area (Å²) in [5, 5.41) is 21.2. The van der Waals surface area contributed by atoms with E-state index in [0.29, 0.717) is 6.42 Å². The molecule has 152 valence electrons. The van der Waals surface area contributed by atoms with Crippen molar-refractivity contribution in [3.63, 3.8) is 0 Å². The molecular formula is C26H31NO2. The first-order valence-electron chi connectivity index (χ1n) is 11.0. The molecule has 2 aromatic rings. The molecule has 2 N–H and O–H groups in total. The van der Waals surface area contributed by atoms with Crippen LogP contribution in [-0.4, -0.2) is 28.5 Å². The summed E-state index contributed by atoms with van der Waals surface area (Å²) in [5.41, 5.74) is 3.57. The Hall–Kier alpha value is -2.15. The second-order valence-electron chi connectivity index (χ2n) is 8.92. The van der Waals surface area contributed by atoms with Crippen LogP contribution in [-0.2, 0) is 11.8 Å². The Labute approximate surface area is 174 Å². The van der Waals surface area contributed by atoms with Crippen LogP contribution >= 0.6 is 0 Å². The van der Waals surface area contributed by atoms with E-state index < -0.39 is 6.10 Å². The number of hydrogen-bond acceptors (Lipinski definition) is 2. The highest BCUT2D eigenvalue weighted by Crippen LogP contribution is 2.52. The summed E-state index contributed by atoms with van der Waals surface area (Å²) in [6, 6.07) is 18.8. The molecule has 3 unspecified atom stereocenters. The Morgan fingerprint density at radius 3 is 2.38 bits per heavy atom. The van der Waals surface area contributed by atoms with Crippen LogP contribution in [0.1, 0.15) is 61.6 Å². The Bertz CT molecular complexity index is 851. The van der Waals surface area contributed by atoms with Crippen molar-refractivity contribution in [3.05, 3.63) is 82.7 Å². The van der Waals surface area contributed by atoms with Crippen LogP contribution < -0.4 is 0 Å². The minimum absolute atomic E-state index is 0.0121. The number of nitrogens with zero attached hydrogens (tertiary/aromatic N) is 1. The lowest BCUT2D eigenvalue weighted by Gasteiger charge is -2.25. The SMILES string of the molecule is [C-]#[N+][C@@H]1C[C@@H](O)C(c2ccc(C3(C(O)CC)CC3)cc2)C1CCc1ccccc1. The Morgan fingerprint density at radius 2 is 1.79 bits per heavy atom. The van der Waals surface area contributed by atoms with Gasteiger partial charge in [-0.25, -0.2) is 6.57 Å². The zero-order chi connectivity index (χ0) is 20.4. The van der Waals surface area contributed by atoms with Gasteiger partial charge >= 0.3 is 0 Å². The highest BCUT2D eigenvalue weighted by Gasteiger charge is 2.50. The van der Waals surface area contributed by atoms with Gasteiger partial charge in [0.25, 0.3) is 0 Å². The highest BCUT2D eigenvalue weighted by molar-refractivity contribution is 5.37. The van der Waals surface area contributed by atoms with E-state index in [2.05, 4.69) is 53.4 Å². The van der Waals surface area contributed by atoms with Crippen LogP contribution in [0.2, 0.25) is 0 Å². The van der Waals surface area contributed by atoms with Crippen molar-refractivity contribution in [2.75, 3.05) is 0 Å². The van der Waals surface area contributed by atoms with Gasteiger partial charge in [-0.1, -0.05) is 61.5 Å². The second kappa shape index (κ2) is 8.30. The Kier molecular flexibility index (Phi) is 5.76. The fraction of sp³-hybridized carbons (Fsp3) is 0.500. The van der Waals surface area contributed by atoms with Crippen LogP contribution in [0.4, 0.5) is 0 Å². The van der Waals surface area contributed by atoms with E-state index in [-0.39, 0.29) is 29.4 Å². The van der Waals surface area contributed by atoms with Crippen molar-refractivity contribution in [2.45, 2.75) is 75.0 Å². The van der Waals surface area contributed by atoms with E-state index in [0.717, 1.165) is 37.7 Å². The van der Waals surface area contributed by atoms with Gasteiger partial charge < -0.3 is 15.1 Å². The predicted octanol–water partition coefficient (Wildman–Crippen LogP) is 4.87. The summed E-state index contributed by atoms with van der Waals surface area (Å²) < 4.78 is 0. The fourth-order valence-electron chi connectivity index (χ4n) is 5.44. The normalized spacial score (nSPS) is 28.6. The van der Waals surface area contributed by atoms with Gasteiger partial charge in [0.15, 0.2) is 0 Å². The lowest BCUT2D eigenvalue weighted by Crippen LogP contribution is -2.25. The maximum atomic E-state index is 10.8. The average molecular weight is 390 g/mol. The minimum atomic E-state index is -0.461. The summed E-state index contributed by atoms with van der Waals surface area (Å²) in [6.07, 6.45) is 4.54. The van der Waals surface area contributed by atoms with Gasteiger partial charge in [-0.2, -0.15) is 0 Å². The quantitative estimate of drug-likeness (QED) is 0.663. The number of aliphatic hydroxyl groups excluding tert-OH is 2. The van der Waals surface area contributed by atoms with Crippen LogP contribution in [0.3, 0.4) is 0 Å². The van der Waals surface area contributed by atoms with Crippen molar-refractivity contribution in [1.82, 2.24) is 0 Å². The van der Waals surface area contributed by atoms with Crippen molar-refractivity contribution < 1.29 is 10.2 Å². The molecule has 0 aromatic heterocycles. The predicted molar refractivity (Wildman–Crippen MR) is 116 cm³/mol. The molecule has 29 heavy (non-hydrogen) atoms. The summed E-state index contributed by atoms with van der Waals surface area (Å²) in [5.74, 6) is 0.183. The molecule has 2 aliphatic carbocycles. The van der Waals surface area contributed by atoms with E-state index >= 15 is 0 Å². The number of benzene rings is 2. The second-order valence-corrected chi connectivity index (χ2v) is 8.92. The van der Waals surface area contributed by atoms with E-state index in [4.69, 9.17) is 6.57 Å². The molecule has 0 bridgehead atoms. The van der Waals surface area contributed by atoms with E-state index in [1.165, 1.54) is 11.1 Å². The zero-order valence-electron chi connectivity index (χ0n) is 17.2. The number of aryl methyl sites for hydroxylation is 1. The van der Waals surface area contributed by atoms with E-state index in [1.54, 1.807) is 0 Å². The van der Waals surface area contributed by atoms with E-state index in [9.17, 15) is 10.2 Å². The lowest BCUT2D eigenvalue weighted by atomic mass is 9.81. The molecule has 5 atom stereocenters. The Morgan fingerprint density at radius 1 is 1.10 bits per heavy atom. The molecule has 0 spiro atoms. The third kappa shape index (κ3) is 3.84. The number of rotatable bonds is 7. The van der Waals surface area contributed by atoms with Gasteiger partial charge in [-0.3, -0.25) is 0 Å². The molecule has 2 fully saturated rings. The van der Waals surface area contributed by atoms with Crippen LogP contribution in [0.25, 0.3) is 4.85 Å². The monoisotopic (exact) mass is 389 g/mol. The van der Waals surface area contributed by atoms with Gasteiger partial charge in [-0.15, -0.1) is 0 Å². The van der Waals surface area contributed by atoms with Crippen molar-refractivity contribution in [2.24, 2.45) is 5.92 Å². The fourth-order valence-corrected chi connectivity index (χ4v) is 5.44. The maximum Gasteiger partial charge on any atom is 0.229 e. The summed E-state index contributed by atoms with van der Waals surface area (Å²) >= 11 is 0. The Balaban J connectivity index is 1.54. The molecule has 2 aromatic carbocycles. The van der Waals surface area contributed by atoms with Gasteiger partial charge in [0.05, 0.1) is 12.2 Å². The van der Waals surface area contributed by atoms with E-state index in [1.807, 2.05) is 13.0 Å². The smallest absolute Gasteiger partial charge is 0.229 e. The van der Waals surface area contributed by atoms with Gasteiger partial charge in [0.1, 0.15) is 0 Å². The first-order chi connectivity index (χ1) is 14.1. The number of aliphatic hydroxyl groups is 2. The molecule has 0 amide bonds. The topological polar surface area (TPSA) is 44.8 Å². The van der Waals surface area contributed by atoms with Crippen molar-refractivity contribution >= 4 is 0 Å². The van der Waals surface area contributed by atoms with Gasteiger partial charge in [-0.05, 0) is 48.8 Å².